The summed E-state index contributed by atoms with van der Waals surface area (Å²) in [4.78, 5) is 30.5. The molecule has 0 aliphatic carbocycles. The molecule has 0 bridgehead atoms. The number of fused-ring (bicyclic) bond motifs is 1. The summed E-state index contributed by atoms with van der Waals surface area (Å²) in [6, 6.07) is 11.2. The third-order valence-corrected chi connectivity index (χ3v) is 5.23. The number of nitrogens with one attached hydrogen (secondary N) is 2. The Morgan fingerprint density at radius 1 is 1.25 bits per heavy atom. The van der Waals surface area contributed by atoms with Crippen LogP contribution in [0.25, 0.3) is 16.8 Å². The molecule has 0 spiro atoms. The van der Waals surface area contributed by atoms with Gasteiger partial charge in [-0.2, -0.15) is 0 Å². The zero-order valence-corrected chi connectivity index (χ0v) is 16.2. The van der Waals surface area contributed by atoms with Crippen molar-refractivity contribution in [2.75, 3.05) is 11.1 Å². The molecule has 8 heteroatoms. The van der Waals surface area contributed by atoms with Crippen LogP contribution in [0.5, 0.6) is 0 Å². The number of aryl methyl sites for hydroxylation is 2. The van der Waals surface area contributed by atoms with Gasteiger partial charge in [-0.3, -0.25) is 14.3 Å². The summed E-state index contributed by atoms with van der Waals surface area (Å²) in [5.41, 5.74) is 4.93. The molecule has 2 N–H and O–H groups in total. The van der Waals surface area contributed by atoms with Gasteiger partial charge in [-0.15, -0.1) is 0 Å². The van der Waals surface area contributed by atoms with E-state index in [-0.39, 0.29) is 11.7 Å². The number of carbonyl (C=O) groups is 1. The largest absolute Gasteiger partial charge is 0.417 e. The van der Waals surface area contributed by atoms with Crippen molar-refractivity contribution in [1.82, 2.24) is 14.5 Å². The van der Waals surface area contributed by atoms with Crippen LogP contribution >= 0.6 is 11.8 Å². The quantitative estimate of drug-likeness (QED) is 0.504. The molecule has 28 heavy (non-hydrogen) atoms. The Balaban J connectivity index is 1.46. The minimum atomic E-state index is -0.521. The third-order valence-electron chi connectivity index (χ3n) is 4.27. The second-order valence-electron chi connectivity index (χ2n) is 6.43. The third kappa shape index (κ3) is 3.72. The zero-order valence-electron chi connectivity index (χ0n) is 15.4. The number of carbonyl (C=O) groups excluding carboxylic acids is 1. The van der Waals surface area contributed by atoms with Crippen molar-refractivity contribution in [2.45, 2.75) is 19.0 Å². The van der Waals surface area contributed by atoms with Crippen LogP contribution in [0.2, 0.25) is 0 Å². The second-order valence-corrected chi connectivity index (χ2v) is 7.37. The van der Waals surface area contributed by atoms with E-state index in [1.165, 1.54) is 11.8 Å². The van der Waals surface area contributed by atoms with Crippen LogP contribution in [0, 0.1) is 13.8 Å². The summed E-state index contributed by atoms with van der Waals surface area (Å²) in [5, 5.41) is 3.57. The SMILES string of the molecule is Cc1ccc(C)c(-n2ccnc2SCC(=O)Nc2ccc3oc(=O)[nH]c3c2)c1. The van der Waals surface area contributed by atoms with E-state index < -0.39 is 5.76 Å². The minimum absolute atomic E-state index is 0.161. The van der Waals surface area contributed by atoms with E-state index in [9.17, 15) is 9.59 Å². The topological polar surface area (TPSA) is 92.9 Å². The van der Waals surface area contributed by atoms with Crippen molar-refractivity contribution in [3.8, 4) is 5.69 Å². The molecule has 1 amide bonds. The van der Waals surface area contributed by atoms with Crippen LogP contribution in [-0.4, -0.2) is 26.2 Å². The second kappa shape index (κ2) is 7.40. The highest BCUT2D eigenvalue weighted by Crippen LogP contribution is 2.24. The van der Waals surface area contributed by atoms with Crippen molar-refractivity contribution in [3.05, 3.63) is 70.5 Å². The van der Waals surface area contributed by atoms with E-state index in [4.69, 9.17) is 4.42 Å². The monoisotopic (exact) mass is 394 g/mol. The number of benzene rings is 2. The van der Waals surface area contributed by atoms with Crippen molar-refractivity contribution in [3.63, 3.8) is 0 Å². The summed E-state index contributed by atoms with van der Waals surface area (Å²) in [7, 11) is 0. The van der Waals surface area contributed by atoms with E-state index in [1.807, 2.05) is 24.6 Å². The average molecular weight is 394 g/mol. The van der Waals surface area contributed by atoms with Gasteiger partial charge in [0.15, 0.2) is 10.7 Å². The highest BCUT2D eigenvalue weighted by molar-refractivity contribution is 7.99. The first kappa shape index (κ1) is 18.1. The number of aromatic amines is 1. The van der Waals surface area contributed by atoms with Gasteiger partial charge in [0, 0.05) is 18.1 Å². The fraction of sp³-hybridized carbons (Fsp3) is 0.150. The molecule has 2 aromatic heterocycles. The van der Waals surface area contributed by atoms with Crippen LogP contribution in [0.3, 0.4) is 0 Å². The van der Waals surface area contributed by atoms with Gasteiger partial charge in [0.05, 0.1) is 17.0 Å². The first-order chi connectivity index (χ1) is 13.5. The number of thioether (sulfide) groups is 1. The smallest absolute Gasteiger partial charge is 0.408 e. The Morgan fingerprint density at radius 3 is 2.96 bits per heavy atom. The number of oxazole rings is 1. The normalized spacial score (nSPS) is 11.1. The predicted molar refractivity (Wildman–Crippen MR) is 109 cm³/mol. The fourth-order valence-corrected chi connectivity index (χ4v) is 3.68. The van der Waals surface area contributed by atoms with Crippen molar-refractivity contribution < 1.29 is 9.21 Å². The van der Waals surface area contributed by atoms with E-state index in [2.05, 4.69) is 33.5 Å². The number of imidazole rings is 1. The first-order valence-corrected chi connectivity index (χ1v) is 9.65. The molecule has 0 saturated carbocycles. The number of nitrogens with zero attached hydrogens (tertiary/aromatic N) is 2. The highest BCUT2D eigenvalue weighted by Gasteiger charge is 2.12. The van der Waals surface area contributed by atoms with Crippen molar-refractivity contribution in [1.29, 1.82) is 0 Å². The lowest BCUT2D eigenvalue weighted by atomic mass is 10.1. The lowest BCUT2D eigenvalue weighted by Gasteiger charge is -2.11. The molecule has 4 aromatic rings. The summed E-state index contributed by atoms with van der Waals surface area (Å²) in [6.45, 7) is 4.09. The van der Waals surface area contributed by atoms with E-state index in [0.29, 0.717) is 16.8 Å². The molecule has 0 aliphatic heterocycles. The predicted octanol–water partition coefficient (Wildman–Crippen LogP) is 3.65. The molecule has 0 saturated heterocycles. The number of aromatic nitrogens is 3. The van der Waals surface area contributed by atoms with E-state index in [1.54, 1.807) is 24.4 Å². The maximum Gasteiger partial charge on any atom is 0.417 e. The molecule has 0 radical (unpaired) electrons. The lowest BCUT2D eigenvalue weighted by molar-refractivity contribution is -0.113. The average Bonchev–Trinajstić information content (AvgIpc) is 3.27. The van der Waals surface area contributed by atoms with Gasteiger partial charge in [-0.1, -0.05) is 23.9 Å². The maximum atomic E-state index is 12.4. The van der Waals surface area contributed by atoms with Crippen LogP contribution in [0.15, 0.2) is 63.2 Å². The summed E-state index contributed by atoms with van der Waals surface area (Å²) >= 11 is 1.36. The molecular formula is C20H18N4O3S. The van der Waals surface area contributed by atoms with Crippen LogP contribution in [-0.2, 0) is 4.79 Å². The molecule has 2 heterocycles. The van der Waals surface area contributed by atoms with Gasteiger partial charge in [-0.05, 0) is 49.2 Å². The van der Waals surface area contributed by atoms with Gasteiger partial charge < -0.3 is 9.73 Å². The number of rotatable bonds is 5. The number of H-pyrrole nitrogens is 1. The number of anilines is 1. The molecule has 0 aliphatic rings. The fourth-order valence-electron chi connectivity index (χ4n) is 2.92. The summed E-state index contributed by atoms with van der Waals surface area (Å²) in [5.74, 6) is -0.472. The van der Waals surface area contributed by atoms with Gasteiger partial charge >= 0.3 is 5.76 Å². The Kier molecular flexibility index (Phi) is 4.79. The highest BCUT2D eigenvalue weighted by atomic mass is 32.2. The van der Waals surface area contributed by atoms with Crippen molar-refractivity contribution in [2.24, 2.45) is 0 Å². The van der Waals surface area contributed by atoms with Gasteiger partial charge in [0.2, 0.25) is 5.91 Å². The molecule has 7 nitrogen and oxygen atoms in total. The molecule has 0 unspecified atom stereocenters. The lowest BCUT2D eigenvalue weighted by Crippen LogP contribution is -2.14. The number of hydrogen-bond donors (Lipinski definition) is 2. The Morgan fingerprint density at radius 2 is 2.11 bits per heavy atom. The maximum absolute atomic E-state index is 12.4. The van der Waals surface area contributed by atoms with Gasteiger partial charge in [0.25, 0.3) is 0 Å². The minimum Gasteiger partial charge on any atom is -0.408 e. The standard InChI is InChI=1S/C20H18N4O3S/c1-12-3-4-13(2)16(9-12)24-8-7-21-19(24)28-11-18(25)22-14-5-6-17-15(10-14)23-20(26)27-17/h3-10H,11H2,1-2H3,(H,22,25)(H,23,26). The Hall–Kier alpha value is -3.26. The molecule has 4 rings (SSSR count). The summed E-state index contributed by atoms with van der Waals surface area (Å²) in [6.07, 6.45) is 3.62. The number of hydrogen-bond acceptors (Lipinski definition) is 5. The van der Waals surface area contributed by atoms with Crippen LogP contribution in [0.1, 0.15) is 11.1 Å². The summed E-state index contributed by atoms with van der Waals surface area (Å²) < 4.78 is 6.95. The van der Waals surface area contributed by atoms with Crippen molar-refractivity contribution >= 4 is 34.5 Å². The first-order valence-electron chi connectivity index (χ1n) is 8.66. The molecule has 2 aromatic carbocycles. The zero-order chi connectivity index (χ0) is 19.7. The Labute approximate surface area is 164 Å². The van der Waals surface area contributed by atoms with E-state index in [0.717, 1.165) is 22.0 Å². The van der Waals surface area contributed by atoms with E-state index >= 15 is 0 Å². The molecule has 0 fully saturated rings. The van der Waals surface area contributed by atoms with Crippen LogP contribution < -0.4 is 11.1 Å². The number of amides is 1. The van der Waals surface area contributed by atoms with Crippen LogP contribution in [0.4, 0.5) is 5.69 Å². The molecule has 0 atom stereocenters. The van der Waals surface area contributed by atoms with Gasteiger partial charge in [0.1, 0.15) is 0 Å². The molecular weight excluding hydrogens is 376 g/mol. The van der Waals surface area contributed by atoms with Gasteiger partial charge in [-0.25, -0.2) is 9.78 Å². The Bertz CT molecular complexity index is 1220. The molecule has 142 valence electrons.